The molecule has 0 radical (unpaired) electrons. The summed E-state index contributed by atoms with van der Waals surface area (Å²) >= 11 is 0. The minimum absolute atomic E-state index is 0.0961. The van der Waals surface area contributed by atoms with Crippen LogP contribution in [0.3, 0.4) is 0 Å². The number of nitrogens with one attached hydrogen (secondary N) is 3. The van der Waals surface area contributed by atoms with Crippen LogP contribution in [0.4, 0.5) is 9.59 Å². The van der Waals surface area contributed by atoms with Gasteiger partial charge in [0.1, 0.15) is 18.2 Å². The molecule has 2 atom stereocenters. The highest BCUT2D eigenvalue weighted by Crippen LogP contribution is 2.20. The Balaban J connectivity index is 1.84. The van der Waals surface area contributed by atoms with Crippen LogP contribution in [-0.4, -0.2) is 53.6 Å². The van der Waals surface area contributed by atoms with E-state index in [1.807, 2.05) is 44.2 Å². The molecule has 1 fully saturated rings. The van der Waals surface area contributed by atoms with Gasteiger partial charge < -0.3 is 14.8 Å². The van der Waals surface area contributed by atoms with Crippen LogP contribution in [0, 0.1) is 11.8 Å². The summed E-state index contributed by atoms with van der Waals surface area (Å²) in [6.07, 6.45) is 0.288. The number of carbonyl (C=O) groups excluding carboxylic acids is 4. The fourth-order valence-electron chi connectivity index (χ4n) is 3.60. The number of likely N-dealkylation sites (tertiary alicyclic amines) is 1. The zero-order valence-corrected chi connectivity index (χ0v) is 21.3. The highest BCUT2D eigenvalue weighted by Gasteiger charge is 2.35. The molecule has 1 saturated heterocycles. The molecule has 35 heavy (non-hydrogen) atoms. The van der Waals surface area contributed by atoms with Crippen molar-refractivity contribution in [3.05, 3.63) is 35.9 Å². The topological polar surface area (TPSA) is 126 Å². The zero-order chi connectivity index (χ0) is 26.0. The number of amides is 4. The van der Waals surface area contributed by atoms with Gasteiger partial charge in [0, 0.05) is 13.1 Å². The number of hydrazine groups is 1. The van der Waals surface area contributed by atoms with Gasteiger partial charge in [-0.25, -0.2) is 19.9 Å². The van der Waals surface area contributed by atoms with E-state index in [9.17, 15) is 19.2 Å². The van der Waals surface area contributed by atoms with Gasteiger partial charge in [0.15, 0.2) is 0 Å². The molecule has 194 valence electrons. The molecule has 4 amide bonds. The fraction of sp³-hybridized carbons (Fsp3) is 0.600. The van der Waals surface area contributed by atoms with Crippen molar-refractivity contribution < 1.29 is 28.7 Å². The molecule has 0 aromatic heterocycles. The molecule has 1 aliphatic rings. The van der Waals surface area contributed by atoms with E-state index in [1.165, 1.54) is 0 Å². The van der Waals surface area contributed by atoms with E-state index in [4.69, 9.17) is 9.47 Å². The van der Waals surface area contributed by atoms with Crippen LogP contribution < -0.4 is 16.2 Å². The molecule has 0 spiro atoms. The van der Waals surface area contributed by atoms with Crippen molar-refractivity contribution in [2.75, 3.05) is 13.1 Å². The van der Waals surface area contributed by atoms with Crippen molar-refractivity contribution in [2.45, 2.75) is 72.1 Å². The van der Waals surface area contributed by atoms with Gasteiger partial charge in [-0.2, -0.15) is 0 Å². The summed E-state index contributed by atoms with van der Waals surface area (Å²) in [5.41, 5.74) is 5.50. The van der Waals surface area contributed by atoms with Crippen LogP contribution in [0.15, 0.2) is 30.3 Å². The van der Waals surface area contributed by atoms with Crippen molar-refractivity contribution in [1.29, 1.82) is 0 Å². The second-order valence-electron chi connectivity index (χ2n) is 10.1. The Labute approximate surface area is 207 Å². The SMILES string of the molecule is CC(C)C[C@H](NC(=O)OCc1ccccc1)C(=O)NNCC1CCCN(C(=O)OC(C)(C)C)C1=O. The molecule has 1 heterocycles. The number of ether oxygens (including phenoxy) is 2. The van der Waals surface area contributed by atoms with Gasteiger partial charge in [0.25, 0.3) is 5.91 Å². The van der Waals surface area contributed by atoms with Crippen molar-refractivity contribution in [3.63, 3.8) is 0 Å². The van der Waals surface area contributed by atoms with Crippen LogP contribution in [0.5, 0.6) is 0 Å². The smallest absolute Gasteiger partial charge is 0.417 e. The molecule has 1 aromatic carbocycles. The molecular weight excluding hydrogens is 452 g/mol. The second-order valence-corrected chi connectivity index (χ2v) is 10.1. The molecule has 1 aliphatic heterocycles. The van der Waals surface area contributed by atoms with Crippen LogP contribution in [0.1, 0.15) is 59.4 Å². The number of hydrogen-bond acceptors (Lipinski definition) is 7. The number of alkyl carbamates (subject to hydrolysis) is 1. The summed E-state index contributed by atoms with van der Waals surface area (Å²) in [4.78, 5) is 51.2. The predicted molar refractivity (Wildman–Crippen MR) is 130 cm³/mol. The van der Waals surface area contributed by atoms with Crippen molar-refractivity contribution in [3.8, 4) is 0 Å². The molecule has 0 saturated carbocycles. The Kier molecular flexibility index (Phi) is 10.5. The third kappa shape index (κ3) is 9.94. The van der Waals surface area contributed by atoms with Gasteiger partial charge in [0.2, 0.25) is 5.91 Å². The minimum atomic E-state index is -0.814. The Morgan fingerprint density at radius 3 is 2.46 bits per heavy atom. The Hall–Kier alpha value is -3.14. The van der Waals surface area contributed by atoms with E-state index < -0.39 is 35.7 Å². The van der Waals surface area contributed by atoms with Crippen LogP contribution in [0.2, 0.25) is 0 Å². The van der Waals surface area contributed by atoms with E-state index in [1.54, 1.807) is 20.8 Å². The Morgan fingerprint density at radius 2 is 1.83 bits per heavy atom. The number of imide groups is 1. The maximum atomic E-state index is 12.7. The summed E-state index contributed by atoms with van der Waals surface area (Å²) in [7, 11) is 0. The number of piperidine rings is 1. The van der Waals surface area contributed by atoms with Gasteiger partial charge in [-0.3, -0.25) is 15.0 Å². The Bertz CT molecular complexity index is 868. The number of benzene rings is 1. The lowest BCUT2D eigenvalue weighted by atomic mass is 9.97. The molecule has 0 bridgehead atoms. The molecule has 1 unspecified atom stereocenters. The van der Waals surface area contributed by atoms with Crippen LogP contribution in [0.25, 0.3) is 0 Å². The Morgan fingerprint density at radius 1 is 1.14 bits per heavy atom. The molecule has 3 N–H and O–H groups in total. The van der Waals surface area contributed by atoms with Crippen molar-refractivity contribution >= 4 is 24.0 Å². The molecule has 1 aromatic rings. The van der Waals surface area contributed by atoms with Gasteiger partial charge in [-0.15, -0.1) is 0 Å². The maximum Gasteiger partial charge on any atom is 0.417 e. The molecule has 10 heteroatoms. The lowest BCUT2D eigenvalue weighted by molar-refractivity contribution is -0.137. The predicted octanol–water partition coefficient (Wildman–Crippen LogP) is 3.12. The monoisotopic (exact) mass is 490 g/mol. The number of rotatable bonds is 9. The average Bonchev–Trinajstić information content (AvgIpc) is 2.77. The summed E-state index contributed by atoms with van der Waals surface area (Å²) < 4.78 is 10.5. The molecule has 0 aliphatic carbocycles. The molecule has 2 rings (SSSR count). The van der Waals surface area contributed by atoms with E-state index in [0.29, 0.717) is 25.8 Å². The van der Waals surface area contributed by atoms with E-state index in [-0.39, 0.29) is 25.0 Å². The first-order valence-corrected chi connectivity index (χ1v) is 12.0. The first kappa shape index (κ1) is 28.1. The van der Waals surface area contributed by atoms with E-state index >= 15 is 0 Å². The number of hydrogen-bond donors (Lipinski definition) is 3. The largest absolute Gasteiger partial charge is 0.445 e. The first-order valence-electron chi connectivity index (χ1n) is 12.0. The third-order valence-corrected chi connectivity index (χ3v) is 5.25. The lowest BCUT2D eigenvalue weighted by Crippen LogP contribution is -2.54. The number of nitrogens with zero attached hydrogens (tertiary/aromatic N) is 1. The van der Waals surface area contributed by atoms with Crippen LogP contribution in [-0.2, 0) is 25.7 Å². The van der Waals surface area contributed by atoms with Gasteiger partial charge >= 0.3 is 12.2 Å². The fourth-order valence-corrected chi connectivity index (χ4v) is 3.60. The highest BCUT2D eigenvalue weighted by atomic mass is 16.6. The van der Waals surface area contributed by atoms with Gasteiger partial charge in [-0.05, 0) is 51.5 Å². The molecule has 10 nitrogen and oxygen atoms in total. The first-order chi connectivity index (χ1) is 16.5. The lowest BCUT2D eigenvalue weighted by Gasteiger charge is -2.32. The standard InChI is InChI=1S/C25H38N4O6/c1-17(2)14-20(27-23(32)34-16-18-10-7-6-8-11-18)21(30)28-26-15-19-12-9-13-29(22(19)31)24(33)35-25(3,4)5/h6-8,10-11,17,19-20,26H,9,12-16H2,1-5H3,(H,27,32)(H,28,30)/t19?,20-/m0/s1. The van der Waals surface area contributed by atoms with Gasteiger partial charge in [0.05, 0.1) is 5.92 Å². The summed E-state index contributed by atoms with van der Waals surface area (Å²) in [6.45, 7) is 9.66. The molecular formula is C25H38N4O6. The van der Waals surface area contributed by atoms with E-state index in [0.717, 1.165) is 10.5 Å². The van der Waals surface area contributed by atoms with E-state index in [2.05, 4.69) is 16.2 Å². The normalized spacial score (nSPS) is 17.0. The summed E-state index contributed by atoms with van der Waals surface area (Å²) in [5, 5.41) is 2.61. The maximum absolute atomic E-state index is 12.7. The third-order valence-electron chi connectivity index (χ3n) is 5.25. The van der Waals surface area contributed by atoms with Crippen LogP contribution >= 0.6 is 0 Å². The second kappa shape index (κ2) is 13.1. The summed E-state index contributed by atoms with van der Waals surface area (Å²) in [6, 6.07) is 8.43. The summed E-state index contributed by atoms with van der Waals surface area (Å²) in [5.74, 6) is -1.12. The van der Waals surface area contributed by atoms with Crippen molar-refractivity contribution in [2.24, 2.45) is 11.8 Å². The van der Waals surface area contributed by atoms with Crippen molar-refractivity contribution in [1.82, 2.24) is 21.1 Å². The minimum Gasteiger partial charge on any atom is -0.445 e. The zero-order valence-electron chi connectivity index (χ0n) is 21.3. The van der Waals surface area contributed by atoms with Gasteiger partial charge in [-0.1, -0.05) is 44.2 Å². The quantitative estimate of drug-likeness (QED) is 0.454. The average molecular weight is 491 g/mol. The number of carbonyl (C=O) groups is 4. The highest BCUT2D eigenvalue weighted by molar-refractivity contribution is 5.94.